The summed E-state index contributed by atoms with van der Waals surface area (Å²) in [5.41, 5.74) is 2.26. The molecular weight excluding hydrogens is 238 g/mol. The number of rotatable bonds is 4. The van der Waals surface area contributed by atoms with Gasteiger partial charge in [-0.1, -0.05) is 30.3 Å². The molecule has 0 fully saturated rings. The maximum absolute atomic E-state index is 10.9. The third kappa shape index (κ3) is 3.91. The Kier molecular flexibility index (Phi) is 4.29. The molecule has 0 bridgehead atoms. The molecule has 0 unspecified atom stereocenters. The lowest BCUT2D eigenvalue weighted by Gasteiger charge is -2.10. The minimum atomic E-state index is -0.256. The molecule has 1 aromatic carbocycles. The van der Waals surface area contributed by atoms with Gasteiger partial charge in [0.25, 0.3) is 0 Å². The van der Waals surface area contributed by atoms with E-state index >= 15 is 0 Å². The van der Waals surface area contributed by atoms with Gasteiger partial charge in [0.05, 0.1) is 0 Å². The number of pyridine rings is 1. The van der Waals surface area contributed by atoms with Gasteiger partial charge in [0.2, 0.25) is 0 Å². The van der Waals surface area contributed by atoms with Crippen LogP contribution < -0.4 is 4.57 Å². The lowest BCUT2D eigenvalue weighted by atomic mass is 10.1. The van der Waals surface area contributed by atoms with Crippen LogP contribution in [0.5, 0.6) is 0 Å². The van der Waals surface area contributed by atoms with E-state index in [1.807, 2.05) is 49.6 Å². The zero-order valence-corrected chi connectivity index (χ0v) is 11.2. The highest BCUT2D eigenvalue weighted by molar-refractivity contribution is 5.66. The number of hydrogen-bond acceptors (Lipinski definition) is 2. The van der Waals surface area contributed by atoms with Crippen molar-refractivity contribution in [3.8, 4) is 0 Å². The van der Waals surface area contributed by atoms with E-state index in [-0.39, 0.29) is 12.1 Å². The Morgan fingerprint density at radius 3 is 2.37 bits per heavy atom. The SMILES string of the molecule is CC(=O)O[C@@H](C)c1cc[n+](Cc2ccccc2)cc1. The smallest absolute Gasteiger partial charge is 0.303 e. The molecule has 0 aliphatic heterocycles. The van der Waals surface area contributed by atoms with E-state index in [0.29, 0.717) is 0 Å². The standard InChI is InChI=1S/C16H18NO2/c1-13(19-14(2)18)16-8-10-17(11-9-16)12-15-6-4-3-5-7-15/h3-11,13H,12H2,1-2H3/q+1/t13-/m0/s1. The molecule has 98 valence electrons. The number of ether oxygens (including phenoxy) is 1. The summed E-state index contributed by atoms with van der Waals surface area (Å²) >= 11 is 0. The zero-order chi connectivity index (χ0) is 13.7. The van der Waals surface area contributed by atoms with Gasteiger partial charge < -0.3 is 4.74 Å². The number of esters is 1. The highest BCUT2D eigenvalue weighted by atomic mass is 16.5. The van der Waals surface area contributed by atoms with E-state index in [9.17, 15) is 4.79 Å². The number of carbonyl (C=O) groups excluding carboxylic acids is 1. The average Bonchev–Trinajstić information content (AvgIpc) is 2.40. The van der Waals surface area contributed by atoms with Crippen LogP contribution in [0, 0.1) is 0 Å². The van der Waals surface area contributed by atoms with Crippen molar-refractivity contribution >= 4 is 5.97 Å². The van der Waals surface area contributed by atoms with Crippen LogP contribution in [0.25, 0.3) is 0 Å². The van der Waals surface area contributed by atoms with Gasteiger partial charge in [-0.2, -0.15) is 0 Å². The van der Waals surface area contributed by atoms with Crippen molar-refractivity contribution in [1.29, 1.82) is 0 Å². The first-order valence-electron chi connectivity index (χ1n) is 6.35. The third-order valence-electron chi connectivity index (χ3n) is 2.94. The molecule has 3 nitrogen and oxygen atoms in total. The minimum Gasteiger partial charge on any atom is -0.458 e. The molecule has 0 saturated heterocycles. The first kappa shape index (κ1) is 13.3. The summed E-state index contributed by atoms with van der Waals surface area (Å²) in [6, 6.07) is 14.2. The summed E-state index contributed by atoms with van der Waals surface area (Å²) in [5.74, 6) is -0.256. The maximum Gasteiger partial charge on any atom is 0.303 e. The molecule has 0 aliphatic rings. The van der Waals surface area contributed by atoms with Gasteiger partial charge in [-0.3, -0.25) is 4.79 Å². The first-order chi connectivity index (χ1) is 9.15. The second kappa shape index (κ2) is 6.14. The molecule has 1 aromatic heterocycles. The van der Waals surface area contributed by atoms with Gasteiger partial charge in [-0.15, -0.1) is 0 Å². The van der Waals surface area contributed by atoms with Crippen LogP contribution in [-0.4, -0.2) is 5.97 Å². The van der Waals surface area contributed by atoms with E-state index in [4.69, 9.17) is 4.74 Å². The highest BCUT2D eigenvalue weighted by Crippen LogP contribution is 2.14. The van der Waals surface area contributed by atoms with E-state index in [1.165, 1.54) is 12.5 Å². The van der Waals surface area contributed by atoms with Crippen molar-refractivity contribution in [2.45, 2.75) is 26.5 Å². The van der Waals surface area contributed by atoms with Crippen molar-refractivity contribution in [2.75, 3.05) is 0 Å². The van der Waals surface area contributed by atoms with Gasteiger partial charge in [-0.05, 0) is 6.92 Å². The van der Waals surface area contributed by atoms with Gasteiger partial charge in [0.1, 0.15) is 6.10 Å². The Bertz CT molecular complexity index is 534. The molecular formula is C16H18NO2+. The summed E-state index contributed by atoms with van der Waals surface area (Å²) in [6.07, 6.45) is 3.80. The molecule has 0 N–H and O–H groups in total. The van der Waals surface area contributed by atoms with Gasteiger partial charge in [-0.25, -0.2) is 4.57 Å². The van der Waals surface area contributed by atoms with Gasteiger partial charge >= 0.3 is 5.97 Å². The van der Waals surface area contributed by atoms with Crippen LogP contribution >= 0.6 is 0 Å². The molecule has 3 heteroatoms. The van der Waals surface area contributed by atoms with Gasteiger partial charge in [0.15, 0.2) is 18.9 Å². The van der Waals surface area contributed by atoms with E-state index in [0.717, 1.165) is 12.1 Å². The topological polar surface area (TPSA) is 30.2 Å². The van der Waals surface area contributed by atoms with E-state index in [1.54, 1.807) is 0 Å². The van der Waals surface area contributed by atoms with Crippen molar-refractivity contribution < 1.29 is 14.1 Å². The normalized spacial score (nSPS) is 11.9. The third-order valence-corrected chi connectivity index (χ3v) is 2.94. The predicted molar refractivity (Wildman–Crippen MR) is 72.4 cm³/mol. The largest absolute Gasteiger partial charge is 0.458 e. The lowest BCUT2D eigenvalue weighted by Crippen LogP contribution is -2.33. The molecule has 2 aromatic rings. The summed E-state index contributed by atoms with van der Waals surface area (Å²) in [6.45, 7) is 4.14. The van der Waals surface area contributed by atoms with Crippen LogP contribution in [0.2, 0.25) is 0 Å². The van der Waals surface area contributed by atoms with Crippen LogP contribution in [0.3, 0.4) is 0 Å². The van der Waals surface area contributed by atoms with Crippen molar-refractivity contribution in [1.82, 2.24) is 0 Å². The average molecular weight is 256 g/mol. The number of carbonyl (C=O) groups is 1. The Hall–Kier alpha value is -2.16. The fourth-order valence-corrected chi connectivity index (χ4v) is 1.96. The molecule has 0 amide bonds. The number of benzene rings is 1. The number of aromatic nitrogens is 1. The molecule has 0 saturated carbocycles. The summed E-state index contributed by atoms with van der Waals surface area (Å²) < 4.78 is 7.24. The van der Waals surface area contributed by atoms with Gasteiger partial charge in [0, 0.05) is 30.2 Å². The fraction of sp³-hybridized carbons (Fsp3) is 0.250. The number of nitrogens with zero attached hydrogens (tertiary/aromatic N) is 1. The second-order valence-corrected chi connectivity index (χ2v) is 4.54. The monoisotopic (exact) mass is 256 g/mol. The molecule has 0 aliphatic carbocycles. The Morgan fingerprint density at radius 2 is 1.79 bits per heavy atom. The molecule has 0 radical (unpaired) electrons. The summed E-state index contributed by atoms with van der Waals surface area (Å²) in [7, 11) is 0. The van der Waals surface area contributed by atoms with Crippen LogP contribution in [0.15, 0.2) is 54.9 Å². The molecule has 19 heavy (non-hydrogen) atoms. The fourth-order valence-electron chi connectivity index (χ4n) is 1.96. The predicted octanol–water partition coefficient (Wildman–Crippen LogP) is 2.65. The van der Waals surface area contributed by atoms with Crippen molar-refractivity contribution in [3.63, 3.8) is 0 Å². The van der Waals surface area contributed by atoms with Crippen LogP contribution in [0.4, 0.5) is 0 Å². The van der Waals surface area contributed by atoms with E-state index in [2.05, 4.69) is 16.7 Å². The molecule has 1 atom stereocenters. The van der Waals surface area contributed by atoms with Crippen molar-refractivity contribution in [3.05, 3.63) is 66.0 Å². The summed E-state index contributed by atoms with van der Waals surface area (Å²) in [4.78, 5) is 10.9. The quantitative estimate of drug-likeness (QED) is 0.622. The summed E-state index contributed by atoms with van der Waals surface area (Å²) in [5, 5.41) is 0. The number of hydrogen-bond donors (Lipinski definition) is 0. The van der Waals surface area contributed by atoms with E-state index < -0.39 is 0 Å². The first-order valence-corrected chi connectivity index (χ1v) is 6.35. The maximum atomic E-state index is 10.9. The zero-order valence-electron chi connectivity index (χ0n) is 11.2. The highest BCUT2D eigenvalue weighted by Gasteiger charge is 2.10. The van der Waals surface area contributed by atoms with Crippen LogP contribution in [-0.2, 0) is 16.1 Å². The van der Waals surface area contributed by atoms with Crippen LogP contribution in [0.1, 0.15) is 31.1 Å². The molecule has 0 spiro atoms. The Morgan fingerprint density at radius 1 is 1.16 bits per heavy atom. The second-order valence-electron chi connectivity index (χ2n) is 4.54. The Labute approximate surface area is 113 Å². The lowest BCUT2D eigenvalue weighted by molar-refractivity contribution is -0.688. The minimum absolute atomic E-state index is 0.205. The molecule has 1 heterocycles. The van der Waals surface area contributed by atoms with Crippen molar-refractivity contribution in [2.24, 2.45) is 0 Å². The molecule has 2 rings (SSSR count). The Balaban J connectivity index is 2.04.